The van der Waals surface area contributed by atoms with Crippen molar-refractivity contribution in [2.75, 3.05) is 5.32 Å². The second-order valence-electron chi connectivity index (χ2n) is 6.39. The monoisotopic (exact) mass is 314 g/mol. The van der Waals surface area contributed by atoms with Crippen molar-refractivity contribution in [1.29, 1.82) is 0 Å². The van der Waals surface area contributed by atoms with E-state index in [0.29, 0.717) is 23.9 Å². The van der Waals surface area contributed by atoms with Gasteiger partial charge in [0.15, 0.2) is 0 Å². The number of benzene rings is 1. The number of oxazole rings is 1. The fourth-order valence-electron chi connectivity index (χ4n) is 2.86. The molecule has 1 fully saturated rings. The van der Waals surface area contributed by atoms with Crippen molar-refractivity contribution >= 4 is 11.6 Å². The van der Waals surface area contributed by atoms with Gasteiger partial charge in [0.2, 0.25) is 11.8 Å². The molecule has 1 heterocycles. The number of amides is 1. The molecule has 3 rings (SSSR count). The lowest BCUT2D eigenvalue weighted by Crippen LogP contribution is -2.28. The van der Waals surface area contributed by atoms with Crippen LogP contribution < -0.4 is 5.32 Å². The van der Waals surface area contributed by atoms with Crippen LogP contribution in [0.4, 0.5) is 5.69 Å². The SMILES string of the molecule is CC(C)c1cnc(-c2ccc(NC(=O)C3CCCC3O)cc2)o1. The molecule has 2 atom stereocenters. The van der Waals surface area contributed by atoms with E-state index in [1.165, 1.54) is 0 Å². The molecule has 0 radical (unpaired) electrons. The van der Waals surface area contributed by atoms with Gasteiger partial charge >= 0.3 is 0 Å². The molecular formula is C18H22N2O3. The minimum absolute atomic E-state index is 0.110. The Morgan fingerprint density at radius 3 is 2.61 bits per heavy atom. The fraction of sp³-hybridized carbons (Fsp3) is 0.444. The van der Waals surface area contributed by atoms with Crippen LogP contribution in [-0.2, 0) is 4.79 Å². The maximum atomic E-state index is 12.2. The topological polar surface area (TPSA) is 75.4 Å². The molecule has 23 heavy (non-hydrogen) atoms. The Morgan fingerprint density at radius 1 is 1.30 bits per heavy atom. The number of rotatable bonds is 4. The van der Waals surface area contributed by atoms with Gasteiger partial charge in [0.25, 0.3) is 0 Å². The molecule has 1 aromatic heterocycles. The lowest BCUT2D eigenvalue weighted by atomic mass is 10.1. The maximum absolute atomic E-state index is 12.2. The highest BCUT2D eigenvalue weighted by molar-refractivity contribution is 5.93. The smallest absolute Gasteiger partial charge is 0.230 e. The first-order valence-electron chi connectivity index (χ1n) is 8.09. The summed E-state index contributed by atoms with van der Waals surface area (Å²) in [5.41, 5.74) is 1.59. The number of aliphatic hydroxyl groups is 1. The van der Waals surface area contributed by atoms with Gasteiger partial charge < -0.3 is 14.8 Å². The van der Waals surface area contributed by atoms with Crippen LogP contribution in [0.5, 0.6) is 0 Å². The van der Waals surface area contributed by atoms with Crippen LogP contribution in [0.25, 0.3) is 11.5 Å². The fourth-order valence-corrected chi connectivity index (χ4v) is 2.86. The van der Waals surface area contributed by atoms with Crippen molar-refractivity contribution in [2.24, 2.45) is 5.92 Å². The van der Waals surface area contributed by atoms with Crippen LogP contribution >= 0.6 is 0 Å². The van der Waals surface area contributed by atoms with E-state index in [1.807, 2.05) is 24.3 Å². The number of hydrogen-bond acceptors (Lipinski definition) is 4. The van der Waals surface area contributed by atoms with Crippen molar-refractivity contribution < 1.29 is 14.3 Å². The summed E-state index contributed by atoms with van der Waals surface area (Å²) < 4.78 is 5.72. The molecule has 122 valence electrons. The summed E-state index contributed by atoms with van der Waals surface area (Å²) in [5.74, 6) is 1.33. The van der Waals surface area contributed by atoms with Crippen LogP contribution in [0.2, 0.25) is 0 Å². The van der Waals surface area contributed by atoms with E-state index in [0.717, 1.165) is 24.2 Å². The summed E-state index contributed by atoms with van der Waals surface area (Å²) in [6.07, 6.45) is 3.59. The lowest BCUT2D eigenvalue weighted by Gasteiger charge is -2.14. The lowest BCUT2D eigenvalue weighted by molar-refractivity contribution is -0.122. The van der Waals surface area contributed by atoms with Crippen LogP contribution in [0.15, 0.2) is 34.9 Å². The molecule has 1 amide bonds. The Kier molecular flexibility index (Phi) is 4.48. The average Bonchev–Trinajstić information content (AvgIpc) is 3.17. The molecule has 1 saturated carbocycles. The van der Waals surface area contributed by atoms with Crippen molar-refractivity contribution in [3.8, 4) is 11.5 Å². The summed E-state index contributed by atoms with van der Waals surface area (Å²) in [4.78, 5) is 16.4. The Balaban J connectivity index is 1.68. The van der Waals surface area contributed by atoms with E-state index in [4.69, 9.17) is 4.42 Å². The number of nitrogens with zero attached hydrogens (tertiary/aromatic N) is 1. The molecule has 5 nitrogen and oxygen atoms in total. The minimum Gasteiger partial charge on any atom is -0.441 e. The summed E-state index contributed by atoms with van der Waals surface area (Å²) in [5, 5.41) is 12.7. The normalized spacial score (nSPS) is 20.9. The van der Waals surface area contributed by atoms with Gasteiger partial charge in [-0.25, -0.2) is 4.98 Å². The standard InChI is InChI=1S/C18H22N2O3/c1-11(2)16-10-19-18(23-16)12-6-8-13(9-7-12)20-17(22)14-4-3-5-15(14)21/h6-11,14-15,21H,3-5H2,1-2H3,(H,20,22). The number of aliphatic hydroxyl groups excluding tert-OH is 1. The summed E-state index contributed by atoms with van der Waals surface area (Å²) in [7, 11) is 0. The first-order chi connectivity index (χ1) is 11.0. The van der Waals surface area contributed by atoms with Gasteiger partial charge in [0, 0.05) is 17.2 Å². The highest BCUT2D eigenvalue weighted by Gasteiger charge is 2.31. The zero-order chi connectivity index (χ0) is 16.4. The Hall–Kier alpha value is -2.14. The molecular weight excluding hydrogens is 292 g/mol. The van der Waals surface area contributed by atoms with E-state index in [-0.39, 0.29) is 11.8 Å². The Morgan fingerprint density at radius 2 is 2.04 bits per heavy atom. The largest absolute Gasteiger partial charge is 0.441 e. The van der Waals surface area contributed by atoms with Crippen molar-refractivity contribution in [3.63, 3.8) is 0 Å². The van der Waals surface area contributed by atoms with Crippen LogP contribution in [0.3, 0.4) is 0 Å². The van der Waals surface area contributed by atoms with Gasteiger partial charge in [-0.3, -0.25) is 4.79 Å². The molecule has 0 saturated heterocycles. The summed E-state index contributed by atoms with van der Waals surface area (Å²) >= 11 is 0. The quantitative estimate of drug-likeness (QED) is 0.904. The van der Waals surface area contributed by atoms with Crippen LogP contribution in [0, 0.1) is 5.92 Å². The van der Waals surface area contributed by atoms with E-state index in [1.54, 1.807) is 6.20 Å². The molecule has 1 aliphatic rings. The van der Waals surface area contributed by atoms with E-state index >= 15 is 0 Å². The van der Waals surface area contributed by atoms with E-state index in [9.17, 15) is 9.90 Å². The highest BCUT2D eigenvalue weighted by Crippen LogP contribution is 2.28. The molecule has 1 aromatic carbocycles. The zero-order valence-electron chi connectivity index (χ0n) is 13.5. The van der Waals surface area contributed by atoms with Gasteiger partial charge in [-0.05, 0) is 43.5 Å². The Bertz CT molecular complexity index is 676. The van der Waals surface area contributed by atoms with E-state index in [2.05, 4.69) is 24.1 Å². The molecule has 1 aliphatic carbocycles. The number of carbonyl (C=O) groups excluding carboxylic acids is 1. The third kappa shape index (κ3) is 3.45. The molecule has 2 aromatic rings. The first-order valence-corrected chi connectivity index (χ1v) is 8.09. The zero-order valence-corrected chi connectivity index (χ0v) is 13.5. The summed E-state index contributed by atoms with van der Waals surface area (Å²) in [6, 6.07) is 7.40. The molecule has 2 N–H and O–H groups in total. The van der Waals surface area contributed by atoms with Gasteiger partial charge in [-0.15, -0.1) is 0 Å². The Labute approximate surface area is 135 Å². The second-order valence-corrected chi connectivity index (χ2v) is 6.39. The van der Waals surface area contributed by atoms with Crippen LogP contribution in [0.1, 0.15) is 44.8 Å². The number of carbonyl (C=O) groups is 1. The number of nitrogens with one attached hydrogen (secondary N) is 1. The first kappa shape index (κ1) is 15.7. The van der Waals surface area contributed by atoms with E-state index < -0.39 is 6.10 Å². The van der Waals surface area contributed by atoms with Crippen LogP contribution in [-0.4, -0.2) is 22.1 Å². The van der Waals surface area contributed by atoms with Gasteiger partial charge in [0.1, 0.15) is 5.76 Å². The third-order valence-corrected chi connectivity index (χ3v) is 4.31. The molecule has 5 heteroatoms. The molecule has 0 spiro atoms. The maximum Gasteiger partial charge on any atom is 0.230 e. The molecule has 2 unspecified atom stereocenters. The van der Waals surface area contributed by atoms with Gasteiger partial charge in [0.05, 0.1) is 18.2 Å². The minimum atomic E-state index is -0.518. The summed E-state index contributed by atoms with van der Waals surface area (Å²) in [6.45, 7) is 4.11. The predicted molar refractivity (Wildman–Crippen MR) is 88.0 cm³/mol. The van der Waals surface area contributed by atoms with Gasteiger partial charge in [-0.1, -0.05) is 13.8 Å². The average molecular weight is 314 g/mol. The predicted octanol–water partition coefficient (Wildman–Crippen LogP) is 3.56. The molecule has 0 bridgehead atoms. The van der Waals surface area contributed by atoms with Crippen molar-refractivity contribution in [3.05, 3.63) is 36.2 Å². The number of anilines is 1. The third-order valence-electron chi connectivity index (χ3n) is 4.31. The van der Waals surface area contributed by atoms with Gasteiger partial charge in [-0.2, -0.15) is 0 Å². The van der Waals surface area contributed by atoms with Crippen molar-refractivity contribution in [2.45, 2.75) is 45.1 Å². The highest BCUT2D eigenvalue weighted by atomic mass is 16.4. The number of aromatic nitrogens is 1. The number of hydrogen-bond donors (Lipinski definition) is 2. The second kappa shape index (κ2) is 6.54. The molecule has 0 aliphatic heterocycles. The van der Waals surface area contributed by atoms with Crippen molar-refractivity contribution in [1.82, 2.24) is 4.98 Å².